The first-order valence-electron chi connectivity index (χ1n) is 11.0. The predicted molar refractivity (Wildman–Crippen MR) is 130 cm³/mol. The number of fused-ring (bicyclic) bond motifs is 1. The third kappa shape index (κ3) is 5.15. The molecular formula is C26H25N3O6. The van der Waals surface area contributed by atoms with E-state index in [2.05, 4.69) is 10.3 Å². The third-order valence-electron chi connectivity index (χ3n) is 5.71. The van der Waals surface area contributed by atoms with E-state index in [1.807, 2.05) is 30.3 Å². The second-order valence-corrected chi connectivity index (χ2v) is 8.65. The average Bonchev–Trinajstić information content (AvgIpc) is 3.24. The second-order valence-electron chi connectivity index (χ2n) is 8.65. The molecule has 3 aromatic carbocycles. The molecule has 0 unspecified atom stereocenters. The largest absolute Gasteiger partial charge is 0.478 e. The summed E-state index contributed by atoms with van der Waals surface area (Å²) in [5, 5.41) is 24.4. The molecule has 35 heavy (non-hydrogen) atoms. The Morgan fingerprint density at radius 1 is 1.11 bits per heavy atom. The molecule has 0 aliphatic heterocycles. The first kappa shape index (κ1) is 23.9. The number of carboxylic acid groups (broad SMARTS) is 1. The van der Waals surface area contributed by atoms with Gasteiger partial charge in [0, 0.05) is 18.7 Å². The van der Waals surface area contributed by atoms with Crippen LogP contribution >= 0.6 is 0 Å². The van der Waals surface area contributed by atoms with Crippen LogP contribution in [0.25, 0.3) is 22.6 Å². The monoisotopic (exact) mass is 475 g/mol. The molecule has 0 bridgehead atoms. The van der Waals surface area contributed by atoms with Crippen LogP contribution in [-0.4, -0.2) is 26.6 Å². The number of ether oxygens (including phenoxy) is 1. The number of carbonyl (C=O) groups is 1. The molecule has 4 aromatic rings. The van der Waals surface area contributed by atoms with Gasteiger partial charge in [0.25, 0.3) is 5.69 Å². The van der Waals surface area contributed by atoms with E-state index in [1.165, 1.54) is 13.8 Å². The molecule has 0 aliphatic carbocycles. The number of oxazole rings is 1. The van der Waals surface area contributed by atoms with E-state index in [1.54, 1.807) is 37.3 Å². The van der Waals surface area contributed by atoms with Crippen molar-refractivity contribution in [3.8, 4) is 17.2 Å². The van der Waals surface area contributed by atoms with Gasteiger partial charge in [-0.1, -0.05) is 30.3 Å². The molecule has 0 radical (unpaired) electrons. The maximum absolute atomic E-state index is 11.9. The summed E-state index contributed by atoms with van der Waals surface area (Å²) in [6.07, 6.45) is 0. The van der Waals surface area contributed by atoms with Crippen molar-refractivity contribution in [1.29, 1.82) is 0 Å². The Bertz CT molecular complexity index is 1360. The molecule has 4 rings (SSSR count). The van der Waals surface area contributed by atoms with E-state index in [4.69, 9.17) is 9.15 Å². The lowest BCUT2D eigenvalue weighted by molar-refractivity contribution is -0.384. The Kier molecular flexibility index (Phi) is 6.52. The van der Waals surface area contributed by atoms with Crippen LogP contribution in [0.3, 0.4) is 0 Å². The summed E-state index contributed by atoms with van der Waals surface area (Å²) in [5.41, 5.74) is 2.50. The van der Waals surface area contributed by atoms with Gasteiger partial charge in [-0.25, -0.2) is 9.78 Å². The van der Waals surface area contributed by atoms with Gasteiger partial charge < -0.3 is 19.6 Å². The molecule has 9 nitrogen and oxygen atoms in total. The fourth-order valence-electron chi connectivity index (χ4n) is 3.68. The lowest BCUT2D eigenvalue weighted by atomic mass is 10.0. The van der Waals surface area contributed by atoms with Crippen molar-refractivity contribution in [2.75, 3.05) is 0 Å². The van der Waals surface area contributed by atoms with Crippen LogP contribution in [0.5, 0.6) is 5.75 Å². The standard InChI is InChI=1S/C26H25N3O6/c1-16-18(15-27-14-17-8-11-19(12-9-17)35-26(2,3)25(30)31)10-13-20(23(16)29(32)33)24-28-21-6-4-5-7-22(21)34-24/h4-13,27H,14-15H2,1-3H3,(H,30,31). The Labute approximate surface area is 201 Å². The first-order chi connectivity index (χ1) is 16.7. The highest BCUT2D eigenvalue weighted by Gasteiger charge is 2.29. The highest BCUT2D eigenvalue weighted by molar-refractivity contribution is 5.79. The van der Waals surface area contributed by atoms with Gasteiger partial charge in [-0.05, 0) is 62.2 Å². The van der Waals surface area contributed by atoms with E-state index in [9.17, 15) is 20.0 Å². The topological polar surface area (TPSA) is 128 Å². The Morgan fingerprint density at radius 3 is 2.49 bits per heavy atom. The van der Waals surface area contributed by atoms with Crippen LogP contribution in [-0.2, 0) is 17.9 Å². The highest BCUT2D eigenvalue weighted by Crippen LogP contribution is 2.35. The van der Waals surface area contributed by atoms with Gasteiger partial charge in [0.05, 0.1) is 4.92 Å². The molecule has 0 fully saturated rings. The third-order valence-corrected chi connectivity index (χ3v) is 5.71. The summed E-state index contributed by atoms with van der Waals surface area (Å²) < 4.78 is 11.3. The Hall–Kier alpha value is -4.24. The van der Waals surface area contributed by atoms with Gasteiger partial charge in [-0.3, -0.25) is 10.1 Å². The van der Waals surface area contributed by atoms with E-state index in [-0.39, 0.29) is 11.6 Å². The summed E-state index contributed by atoms with van der Waals surface area (Å²) in [6, 6.07) is 17.8. The number of nitrogens with one attached hydrogen (secondary N) is 1. The van der Waals surface area contributed by atoms with Crippen LogP contribution in [0.15, 0.2) is 65.1 Å². The predicted octanol–water partition coefficient (Wildman–Crippen LogP) is 5.24. The van der Waals surface area contributed by atoms with Crippen LogP contribution < -0.4 is 10.1 Å². The molecule has 0 amide bonds. The van der Waals surface area contributed by atoms with Crippen molar-refractivity contribution < 1.29 is 24.0 Å². The van der Waals surface area contributed by atoms with Gasteiger partial charge in [0.15, 0.2) is 11.2 Å². The quantitative estimate of drug-likeness (QED) is 0.248. The minimum absolute atomic E-state index is 0.0293. The molecule has 0 saturated carbocycles. The van der Waals surface area contributed by atoms with Crippen molar-refractivity contribution in [2.24, 2.45) is 0 Å². The van der Waals surface area contributed by atoms with E-state index >= 15 is 0 Å². The average molecular weight is 476 g/mol. The summed E-state index contributed by atoms with van der Waals surface area (Å²) in [4.78, 5) is 27.1. The molecule has 0 atom stereocenters. The summed E-state index contributed by atoms with van der Waals surface area (Å²) in [6.45, 7) is 5.63. The van der Waals surface area contributed by atoms with Gasteiger partial charge >= 0.3 is 5.97 Å². The molecular weight excluding hydrogens is 450 g/mol. The molecule has 180 valence electrons. The number of nitro benzene ring substituents is 1. The summed E-state index contributed by atoms with van der Waals surface area (Å²) in [5.74, 6) is -0.369. The van der Waals surface area contributed by atoms with Crippen molar-refractivity contribution in [3.05, 3.63) is 87.5 Å². The smallest absolute Gasteiger partial charge is 0.347 e. The zero-order chi connectivity index (χ0) is 25.2. The van der Waals surface area contributed by atoms with Crippen LogP contribution in [0.1, 0.15) is 30.5 Å². The van der Waals surface area contributed by atoms with E-state index < -0.39 is 16.5 Å². The number of carboxylic acids is 1. The zero-order valence-electron chi connectivity index (χ0n) is 19.6. The van der Waals surface area contributed by atoms with Crippen LogP contribution in [0, 0.1) is 17.0 Å². The fourth-order valence-corrected chi connectivity index (χ4v) is 3.68. The molecule has 0 saturated heterocycles. The molecule has 1 heterocycles. The minimum atomic E-state index is -1.32. The van der Waals surface area contributed by atoms with Crippen molar-refractivity contribution in [1.82, 2.24) is 10.3 Å². The molecule has 2 N–H and O–H groups in total. The number of aliphatic carboxylic acids is 1. The fraction of sp³-hybridized carbons (Fsp3) is 0.231. The summed E-state index contributed by atoms with van der Waals surface area (Å²) >= 11 is 0. The maximum atomic E-state index is 11.9. The normalized spacial score (nSPS) is 11.5. The number of aromatic nitrogens is 1. The number of rotatable bonds is 9. The van der Waals surface area contributed by atoms with Gasteiger partial charge in [-0.15, -0.1) is 0 Å². The summed E-state index contributed by atoms with van der Waals surface area (Å²) in [7, 11) is 0. The molecule has 9 heteroatoms. The minimum Gasteiger partial charge on any atom is -0.478 e. The molecule has 0 aliphatic rings. The second kappa shape index (κ2) is 9.55. The maximum Gasteiger partial charge on any atom is 0.347 e. The highest BCUT2D eigenvalue weighted by atomic mass is 16.6. The number of hydrogen-bond acceptors (Lipinski definition) is 7. The van der Waals surface area contributed by atoms with Gasteiger partial charge in [0.1, 0.15) is 16.8 Å². The Morgan fingerprint density at radius 2 is 1.83 bits per heavy atom. The van der Waals surface area contributed by atoms with E-state index in [0.29, 0.717) is 41.1 Å². The van der Waals surface area contributed by atoms with Gasteiger partial charge in [-0.2, -0.15) is 0 Å². The van der Waals surface area contributed by atoms with Crippen molar-refractivity contribution in [3.63, 3.8) is 0 Å². The number of nitro groups is 1. The Balaban J connectivity index is 1.47. The lowest BCUT2D eigenvalue weighted by Crippen LogP contribution is -2.37. The van der Waals surface area contributed by atoms with Crippen molar-refractivity contribution >= 4 is 22.8 Å². The van der Waals surface area contributed by atoms with Crippen LogP contribution in [0.4, 0.5) is 5.69 Å². The molecule has 0 spiro atoms. The van der Waals surface area contributed by atoms with Gasteiger partial charge in [0.2, 0.25) is 5.89 Å². The van der Waals surface area contributed by atoms with E-state index in [0.717, 1.165) is 11.1 Å². The first-order valence-corrected chi connectivity index (χ1v) is 11.0. The SMILES string of the molecule is Cc1c(CNCc2ccc(OC(C)(C)C(=O)O)cc2)ccc(-c2nc3ccccc3o2)c1[N+](=O)[O-]. The number of hydrogen-bond donors (Lipinski definition) is 2. The van der Waals surface area contributed by atoms with Crippen molar-refractivity contribution in [2.45, 2.75) is 39.5 Å². The number of benzene rings is 3. The number of nitrogens with zero attached hydrogens (tertiary/aromatic N) is 2. The molecule has 1 aromatic heterocycles. The number of para-hydroxylation sites is 2. The van der Waals surface area contributed by atoms with Crippen LogP contribution in [0.2, 0.25) is 0 Å². The zero-order valence-corrected chi connectivity index (χ0v) is 19.6. The lowest BCUT2D eigenvalue weighted by Gasteiger charge is -2.21.